The molecule has 0 amide bonds. The number of hydrogen-bond donors (Lipinski definition) is 0. The van der Waals surface area contributed by atoms with E-state index in [4.69, 9.17) is 4.74 Å². The van der Waals surface area contributed by atoms with Crippen LogP contribution >= 0.6 is 0 Å². The smallest absolute Gasteiger partial charge is 0.196 e. The second-order valence-electron chi connectivity index (χ2n) is 5.28. The molecule has 3 rings (SSSR count). The number of hydrogen-bond acceptors (Lipinski definition) is 2. The van der Waals surface area contributed by atoms with Gasteiger partial charge in [-0.2, -0.15) is 0 Å². The van der Waals surface area contributed by atoms with Crippen molar-refractivity contribution in [2.24, 2.45) is 0 Å². The van der Waals surface area contributed by atoms with E-state index >= 15 is 0 Å². The molecule has 102 valence electrons. The van der Waals surface area contributed by atoms with Crippen LogP contribution in [-0.4, -0.2) is 12.9 Å². The van der Waals surface area contributed by atoms with Crippen molar-refractivity contribution >= 4 is 5.78 Å². The Bertz CT molecular complexity index is 610. The van der Waals surface area contributed by atoms with E-state index in [1.54, 1.807) is 13.2 Å². The first-order valence-corrected chi connectivity index (χ1v) is 7.07. The zero-order chi connectivity index (χ0) is 13.9. The second-order valence-corrected chi connectivity index (χ2v) is 5.28. The van der Waals surface area contributed by atoms with Gasteiger partial charge in [-0.15, -0.1) is 0 Å². The summed E-state index contributed by atoms with van der Waals surface area (Å²) < 4.78 is 5.26. The highest BCUT2D eigenvalue weighted by Gasteiger charge is 2.20. The summed E-state index contributed by atoms with van der Waals surface area (Å²) in [6.07, 6.45) is 3.88. The van der Waals surface area contributed by atoms with Gasteiger partial charge in [0.25, 0.3) is 0 Å². The molecular formula is C18H18O2. The molecule has 0 heterocycles. The maximum Gasteiger partial charge on any atom is 0.196 e. The molecule has 2 heteroatoms. The van der Waals surface area contributed by atoms with Gasteiger partial charge in [0.2, 0.25) is 0 Å². The molecule has 1 fully saturated rings. The minimum Gasteiger partial charge on any atom is -0.496 e. The lowest BCUT2D eigenvalue weighted by molar-refractivity contribution is 0.103. The Morgan fingerprint density at radius 3 is 2.35 bits per heavy atom. The zero-order valence-electron chi connectivity index (χ0n) is 11.6. The topological polar surface area (TPSA) is 26.3 Å². The minimum atomic E-state index is 0.0163. The molecule has 2 aromatic carbocycles. The first-order valence-electron chi connectivity index (χ1n) is 7.07. The van der Waals surface area contributed by atoms with Gasteiger partial charge in [-0.1, -0.05) is 42.8 Å². The van der Waals surface area contributed by atoms with Crippen molar-refractivity contribution in [3.05, 3.63) is 65.2 Å². The highest BCUT2D eigenvalue weighted by molar-refractivity contribution is 6.10. The van der Waals surface area contributed by atoms with Crippen LogP contribution in [-0.2, 0) is 0 Å². The van der Waals surface area contributed by atoms with E-state index in [2.05, 4.69) is 12.1 Å². The van der Waals surface area contributed by atoms with E-state index in [9.17, 15) is 4.79 Å². The van der Waals surface area contributed by atoms with Crippen LogP contribution in [0.5, 0.6) is 5.75 Å². The summed E-state index contributed by atoms with van der Waals surface area (Å²) in [6, 6.07) is 15.4. The molecule has 2 nitrogen and oxygen atoms in total. The lowest BCUT2D eigenvalue weighted by atomic mass is 9.80. The first kappa shape index (κ1) is 12.9. The van der Waals surface area contributed by atoms with Crippen LogP contribution in [0.25, 0.3) is 0 Å². The standard InChI is InChI=1S/C18H18O2/c1-20-17-8-3-2-7-16(17)18(19)15-11-9-14(10-12-15)13-5-4-6-13/h2-3,7-13H,4-6H2,1H3. The van der Waals surface area contributed by atoms with Gasteiger partial charge >= 0.3 is 0 Å². The van der Waals surface area contributed by atoms with Crippen LogP contribution in [0, 0.1) is 0 Å². The SMILES string of the molecule is COc1ccccc1C(=O)c1ccc(C2CCC2)cc1. The first-order chi connectivity index (χ1) is 9.79. The van der Waals surface area contributed by atoms with Crippen LogP contribution in [0.2, 0.25) is 0 Å². The molecule has 1 aliphatic rings. The zero-order valence-corrected chi connectivity index (χ0v) is 11.6. The Morgan fingerprint density at radius 2 is 1.75 bits per heavy atom. The molecule has 20 heavy (non-hydrogen) atoms. The molecule has 0 saturated heterocycles. The maximum atomic E-state index is 12.5. The molecule has 0 radical (unpaired) electrons. The summed E-state index contributed by atoms with van der Waals surface area (Å²) in [5.74, 6) is 1.34. The normalized spacial score (nSPS) is 14.7. The van der Waals surface area contributed by atoms with Gasteiger partial charge in [0.05, 0.1) is 12.7 Å². The number of para-hydroxylation sites is 1. The summed E-state index contributed by atoms with van der Waals surface area (Å²) in [5, 5.41) is 0. The van der Waals surface area contributed by atoms with Crippen molar-refractivity contribution in [2.45, 2.75) is 25.2 Å². The van der Waals surface area contributed by atoms with Gasteiger partial charge in [-0.25, -0.2) is 0 Å². The van der Waals surface area contributed by atoms with Crippen molar-refractivity contribution in [3.8, 4) is 5.75 Å². The van der Waals surface area contributed by atoms with Gasteiger partial charge in [0.15, 0.2) is 5.78 Å². The molecule has 0 spiro atoms. The van der Waals surface area contributed by atoms with Gasteiger partial charge in [-0.05, 0) is 36.5 Å². The Kier molecular flexibility index (Phi) is 3.55. The minimum absolute atomic E-state index is 0.0163. The number of ketones is 1. The Labute approximate surface area is 119 Å². The molecule has 0 unspecified atom stereocenters. The molecule has 0 bridgehead atoms. The number of methoxy groups -OCH3 is 1. The molecule has 1 saturated carbocycles. The quantitative estimate of drug-likeness (QED) is 0.775. The third-order valence-corrected chi connectivity index (χ3v) is 4.10. The number of carbonyl (C=O) groups is 1. The lowest BCUT2D eigenvalue weighted by Crippen LogP contribution is -2.09. The van der Waals surface area contributed by atoms with E-state index in [0.717, 1.165) is 5.56 Å². The summed E-state index contributed by atoms with van der Waals surface area (Å²) >= 11 is 0. The van der Waals surface area contributed by atoms with Crippen molar-refractivity contribution in [1.82, 2.24) is 0 Å². The maximum absolute atomic E-state index is 12.5. The molecule has 1 aliphatic carbocycles. The Morgan fingerprint density at radius 1 is 1.05 bits per heavy atom. The van der Waals surface area contributed by atoms with Crippen LogP contribution in [0.1, 0.15) is 46.7 Å². The molecule has 0 N–H and O–H groups in total. The van der Waals surface area contributed by atoms with Gasteiger partial charge in [0, 0.05) is 5.56 Å². The van der Waals surface area contributed by atoms with Crippen molar-refractivity contribution in [3.63, 3.8) is 0 Å². The summed E-state index contributed by atoms with van der Waals surface area (Å²) in [4.78, 5) is 12.5. The molecule has 0 aliphatic heterocycles. The van der Waals surface area contributed by atoms with E-state index in [1.807, 2.05) is 30.3 Å². The molecule has 2 aromatic rings. The fourth-order valence-electron chi connectivity index (χ4n) is 2.64. The van der Waals surface area contributed by atoms with Crippen LogP contribution in [0.15, 0.2) is 48.5 Å². The number of carbonyl (C=O) groups excluding carboxylic acids is 1. The summed E-state index contributed by atoms with van der Waals surface area (Å²) in [5.41, 5.74) is 2.69. The van der Waals surface area contributed by atoms with Crippen molar-refractivity contribution in [1.29, 1.82) is 0 Å². The van der Waals surface area contributed by atoms with Crippen LogP contribution in [0.3, 0.4) is 0 Å². The average Bonchev–Trinajstić information content (AvgIpc) is 2.45. The number of benzene rings is 2. The van der Waals surface area contributed by atoms with E-state index in [1.165, 1.54) is 24.8 Å². The summed E-state index contributed by atoms with van der Waals surface area (Å²) in [6.45, 7) is 0. The Balaban J connectivity index is 1.86. The van der Waals surface area contributed by atoms with E-state index in [0.29, 0.717) is 17.2 Å². The average molecular weight is 266 g/mol. The fourth-order valence-corrected chi connectivity index (χ4v) is 2.64. The third kappa shape index (κ3) is 2.34. The highest BCUT2D eigenvalue weighted by atomic mass is 16.5. The van der Waals surface area contributed by atoms with Crippen LogP contribution in [0.4, 0.5) is 0 Å². The van der Waals surface area contributed by atoms with Gasteiger partial charge in [-0.3, -0.25) is 4.79 Å². The molecule has 0 aromatic heterocycles. The van der Waals surface area contributed by atoms with Gasteiger partial charge < -0.3 is 4.74 Å². The van der Waals surface area contributed by atoms with Crippen LogP contribution < -0.4 is 4.74 Å². The largest absolute Gasteiger partial charge is 0.496 e. The van der Waals surface area contributed by atoms with Gasteiger partial charge in [0.1, 0.15) is 5.75 Å². The summed E-state index contributed by atoms with van der Waals surface area (Å²) in [7, 11) is 1.59. The van der Waals surface area contributed by atoms with Crippen molar-refractivity contribution in [2.75, 3.05) is 7.11 Å². The molecule has 0 atom stereocenters. The third-order valence-electron chi connectivity index (χ3n) is 4.10. The predicted molar refractivity (Wildman–Crippen MR) is 79.5 cm³/mol. The lowest BCUT2D eigenvalue weighted by Gasteiger charge is -2.25. The van der Waals surface area contributed by atoms with E-state index in [-0.39, 0.29) is 5.78 Å². The van der Waals surface area contributed by atoms with E-state index < -0.39 is 0 Å². The Hall–Kier alpha value is -2.09. The van der Waals surface area contributed by atoms with Crippen molar-refractivity contribution < 1.29 is 9.53 Å². The number of rotatable bonds is 4. The second kappa shape index (κ2) is 5.49. The predicted octanol–water partition coefficient (Wildman–Crippen LogP) is 4.19. The fraction of sp³-hybridized carbons (Fsp3) is 0.278. The molecular weight excluding hydrogens is 248 g/mol. The monoisotopic (exact) mass is 266 g/mol. The highest BCUT2D eigenvalue weighted by Crippen LogP contribution is 2.36. The number of ether oxygens (including phenoxy) is 1.